The third-order valence-electron chi connectivity index (χ3n) is 3.78. The van der Waals surface area contributed by atoms with Gasteiger partial charge in [0.25, 0.3) is 0 Å². The van der Waals surface area contributed by atoms with Crippen molar-refractivity contribution < 1.29 is 5.11 Å². The van der Waals surface area contributed by atoms with Crippen molar-refractivity contribution in [3.8, 4) is 0 Å². The molecule has 4 nitrogen and oxygen atoms in total. The number of anilines is 1. The molecule has 3 rings (SSSR count). The van der Waals surface area contributed by atoms with Gasteiger partial charge in [0.15, 0.2) is 0 Å². The van der Waals surface area contributed by atoms with Gasteiger partial charge in [-0.2, -0.15) is 0 Å². The summed E-state index contributed by atoms with van der Waals surface area (Å²) in [4.78, 5) is 9.26. The van der Waals surface area contributed by atoms with E-state index in [1.807, 2.05) is 30.3 Å². The van der Waals surface area contributed by atoms with Crippen molar-refractivity contribution in [1.29, 1.82) is 0 Å². The van der Waals surface area contributed by atoms with E-state index in [9.17, 15) is 0 Å². The van der Waals surface area contributed by atoms with Crippen molar-refractivity contribution in [2.24, 2.45) is 0 Å². The van der Waals surface area contributed by atoms with E-state index in [2.05, 4.69) is 9.80 Å². The predicted molar refractivity (Wildman–Crippen MR) is 82.5 cm³/mol. The topological polar surface area (TPSA) is 39.6 Å². The van der Waals surface area contributed by atoms with Crippen LogP contribution in [0.5, 0.6) is 0 Å². The van der Waals surface area contributed by atoms with Gasteiger partial charge in [-0.1, -0.05) is 17.7 Å². The Labute approximate surface area is 123 Å². The third-order valence-corrected chi connectivity index (χ3v) is 4.11. The minimum atomic E-state index is 0.229. The lowest BCUT2D eigenvalue weighted by Crippen LogP contribution is -2.47. The van der Waals surface area contributed by atoms with Gasteiger partial charge in [-0.05, 0) is 24.3 Å². The van der Waals surface area contributed by atoms with E-state index in [-0.39, 0.29) is 6.61 Å². The van der Waals surface area contributed by atoms with Crippen molar-refractivity contribution in [3.05, 3.63) is 35.4 Å². The molecule has 1 aliphatic rings. The maximum Gasteiger partial charge on any atom is 0.129 e. The monoisotopic (exact) mass is 291 g/mol. The number of pyridine rings is 1. The Morgan fingerprint density at radius 3 is 2.65 bits per heavy atom. The Morgan fingerprint density at radius 1 is 1.10 bits per heavy atom. The second-order valence-electron chi connectivity index (χ2n) is 5.03. The van der Waals surface area contributed by atoms with Crippen LogP contribution in [0.1, 0.15) is 0 Å². The second-order valence-corrected chi connectivity index (χ2v) is 5.44. The summed E-state index contributed by atoms with van der Waals surface area (Å²) in [5, 5.41) is 10.7. The highest BCUT2D eigenvalue weighted by Crippen LogP contribution is 2.25. The number of aliphatic hydroxyl groups is 1. The van der Waals surface area contributed by atoms with E-state index < -0.39 is 0 Å². The van der Waals surface area contributed by atoms with Gasteiger partial charge in [-0.3, -0.25) is 4.90 Å². The zero-order chi connectivity index (χ0) is 13.9. The molecule has 1 aromatic carbocycles. The predicted octanol–water partition coefficient (Wildman–Crippen LogP) is 2.00. The molecule has 0 spiro atoms. The first kappa shape index (κ1) is 13.6. The summed E-state index contributed by atoms with van der Waals surface area (Å²) in [6, 6.07) is 9.89. The Kier molecular flexibility index (Phi) is 4.05. The number of halogens is 1. The largest absolute Gasteiger partial charge is 0.395 e. The van der Waals surface area contributed by atoms with E-state index >= 15 is 0 Å². The number of fused-ring (bicyclic) bond motifs is 1. The number of rotatable bonds is 3. The van der Waals surface area contributed by atoms with Crippen LogP contribution in [0, 0.1) is 0 Å². The van der Waals surface area contributed by atoms with Crippen LogP contribution in [0.2, 0.25) is 5.02 Å². The molecular formula is C15H18ClN3O. The quantitative estimate of drug-likeness (QED) is 0.939. The molecule has 1 saturated heterocycles. The molecule has 2 aromatic rings. The minimum absolute atomic E-state index is 0.229. The summed E-state index contributed by atoms with van der Waals surface area (Å²) in [5.41, 5.74) is 0.938. The molecule has 0 saturated carbocycles. The number of nitrogens with zero attached hydrogens (tertiary/aromatic N) is 3. The van der Waals surface area contributed by atoms with Gasteiger partial charge < -0.3 is 10.0 Å². The van der Waals surface area contributed by atoms with Crippen LogP contribution in [0.25, 0.3) is 10.9 Å². The molecule has 1 fully saturated rings. The first-order valence-corrected chi connectivity index (χ1v) is 7.29. The van der Waals surface area contributed by atoms with Gasteiger partial charge in [-0.25, -0.2) is 4.98 Å². The molecule has 0 radical (unpaired) electrons. The summed E-state index contributed by atoms with van der Waals surface area (Å²) >= 11 is 6.17. The highest BCUT2D eigenvalue weighted by molar-refractivity contribution is 6.35. The van der Waals surface area contributed by atoms with Crippen LogP contribution in [0.3, 0.4) is 0 Å². The van der Waals surface area contributed by atoms with Gasteiger partial charge in [0.1, 0.15) is 5.82 Å². The number of aliphatic hydroxyl groups excluding tert-OH is 1. The van der Waals surface area contributed by atoms with Gasteiger partial charge in [0.2, 0.25) is 0 Å². The van der Waals surface area contributed by atoms with E-state index in [1.165, 1.54) is 0 Å². The molecular weight excluding hydrogens is 274 g/mol. The molecule has 106 valence electrons. The molecule has 20 heavy (non-hydrogen) atoms. The van der Waals surface area contributed by atoms with Crippen LogP contribution in [0.15, 0.2) is 30.3 Å². The standard InChI is InChI=1S/C15H18ClN3O/c16-13-2-1-3-14-12(13)4-5-15(17-14)19-8-6-18(7-9-19)10-11-20/h1-5,20H,6-11H2. The fraction of sp³-hybridized carbons (Fsp3) is 0.400. The number of hydrogen-bond acceptors (Lipinski definition) is 4. The zero-order valence-corrected chi connectivity index (χ0v) is 12.1. The van der Waals surface area contributed by atoms with Gasteiger partial charge >= 0.3 is 0 Å². The molecule has 1 aliphatic heterocycles. The maximum atomic E-state index is 8.97. The first-order chi connectivity index (χ1) is 9.78. The summed E-state index contributed by atoms with van der Waals surface area (Å²) in [7, 11) is 0. The van der Waals surface area contributed by atoms with E-state index in [4.69, 9.17) is 21.7 Å². The van der Waals surface area contributed by atoms with Crippen LogP contribution in [-0.4, -0.2) is 54.3 Å². The van der Waals surface area contributed by atoms with E-state index in [1.54, 1.807) is 0 Å². The lowest BCUT2D eigenvalue weighted by atomic mass is 10.2. The molecule has 0 aliphatic carbocycles. The lowest BCUT2D eigenvalue weighted by Gasteiger charge is -2.35. The lowest BCUT2D eigenvalue weighted by molar-refractivity contribution is 0.188. The summed E-state index contributed by atoms with van der Waals surface area (Å²) in [5.74, 6) is 1.00. The van der Waals surface area contributed by atoms with Crippen molar-refractivity contribution in [1.82, 2.24) is 9.88 Å². The number of β-amino-alcohol motifs (C(OH)–C–C–N with tert-alkyl or cyclic N) is 1. The first-order valence-electron chi connectivity index (χ1n) is 6.91. The van der Waals surface area contributed by atoms with Crippen LogP contribution < -0.4 is 4.90 Å². The van der Waals surface area contributed by atoms with Crippen molar-refractivity contribution in [2.75, 3.05) is 44.2 Å². The Bertz CT molecular complexity index is 597. The second kappa shape index (κ2) is 5.95. The Balaban J connectivity index is 1.78. The molecule has 2 heterocycles. The Morgan fingerprint density at radius 2 is 1.90 bits per heavy atom. The number of hydrogen-bond donors (Lipinski definition) is 1. The highest BCUT2D eigenvalue weighted by Gasteiger charge is 2.17. The number of benzene rings is 1. The molecule has 0 bridgehead atoms. The fourth-order valence-electron chi connectivity index (χ4n) is 2.62. The average molecular weight is 292 g/mol. The highest BCUT2D eigenvalue weighted by atomic mass is 35.5. The fourth-order valence-corrected chi connectivity index (χ4v) is 2.86. The molecule has 1 N–H and O–H groups in total. The maximum absolute atomic E-state index is 8.97. The zero-order valence-electron chi connectivity index (χ0n) is 11.3. The minimum Gasteiger partial charge on any atom is -0.395 e. The average Bonchev–Trinajstić information content (AvgIpc) is 2.48. The summed E-state index contributed by atoms with van der Waals surface area (Å²) in [6.07, 6.45) is 0. The van der Waals surface area contributed by atoms with E-state index in [0.29, 0.717) is 0 Å². The van der Waals surface area contributed by atoms with Crippen LogP contribution >= 0.6 is 11.6 Å². The van der Waals surface area contributed by atoms with Crippen LogP contribution in [-0.2, 0) is 0 Å². The van der Waals surface area contributed by atoms with Crippen molar-refractivity contribution >= 4 is 28.3 Å². The Hall–Kier alpha value is -1.36. The molecule has 5 heteroatoms. The van der Waals surface area contributed by atoms with Gasteiger partial charge in [0, 0.05) is 43.1 Å². The summed E-state index contributed by atoms with van der Waals surface area (Å²) < 4.78 is 0. The van der Waals surface area contributed by atoms with Crippen molar-refractivity contribution in [2.45, 2.75) is 0 Å². The summed E-state index contributed by atoms with van der Waals surface area (Å²) in [6.45, 7) is 4.81. The molecule has 0 amide bonds. The third kappa shape index (κ3) is 2.73. The molecule has 0 unspecified atom stereocenters. The SMILES string of the molecule is OCCN1CCN(c2ccc3c(Cl)cccc3n2)CC1. The normalized spacial score (nSPS) is 16.8. The molecule has 0 atom stereocenters. The smallest absolute Gasteiger partial charge is 0.129 e. The van der Waals surface area contributed by atoms with Crippen molar-refractivity contribution in [3.63, 3.8) is 0 Å². The van der Waals surface area contributed by atoms with Crippen LogP contribution in [0.4, 0.5) is 5.82 Å². The number of piperazine rings is 1. The van der Waals surface area contributed by atoms with Gasteiger partial charge in [0.05, 0.1) is 12.1 Å². The number of aromatic nitrogens is 1. The molecule has 1 aromatic heterocycles. The van der Waals surface area contributed by atoms with Gasteiger partial charge in [-0.15, -0.1) is 0 Å². The van der Waals surface area contributed by atoms with E-state index in [0.717, 1.165) is 54.5 Å².